The molecule has 0 saturated carbocycles. The van der Waals surface area contributed by atoms with Crippen molar-refractivity contribution in [1.82, 2.24) is 10.0 Å². The van der Waals surface area contributed by atoms with Crippen LogP contribution in [0.1, 0.15) is 19.3 Å². The van der Waals surface area contributed by atoms with Crippen LogP contribution in [0.2, 0.25) is 0 Å². The van der Waals surface area contributed by atoms with Gasteiger partial charge < -0.3 is 10.2 Å². The molecule has 0 aliphatic carbocycles. The van der Waals surface area contributed by atoms with Crippen LogP contribution in [0.25, 0.3) is 0 Å². The number of anilines is 1. The number of rotatable bonds is 9. The van der Waals surface area contributed by atoms with Crippen molar-refractivity contribution in [1.29, 1.82) is 0 Å². The first-order valence-electron chi connectivity index (χ1n) is 9.86. The second-order valence-corrected chi connectivity index (χ2v) is 9.91. The molecule has 2 aromatic rings. The number of nitrogens with zero attached hydrogens (tertiary/aromatic N) is 1. The van der Waals surface area contributed by atoms with Gasteiger partial charge in [-0.15, -0.1) is 6.58 Å². The zero-order valence-corrected chi connectivity index (χ0v) is 19.1. The van der Waals surface area contributed by atoms with E-state index in [2.05, 4.69) is 37.4 Å². The van der Waals surface area contributed by atoms with E-state index in [9.17, 15) is 13.2 Å². The zero-order chi connectivity index (χ0) is 21.6. The summed E-state index contributed by atoms with van der Waals surface area (Å²) in [5.41, 5.74) is 0.302. The molecule has 0 spiro atoms. The van der Waals surface area contributed by atoms with Crippen LogP contribution in [-0.4, -0.2) is 39.5 Å². The lowest BCUT2D eigenvalue weighted by Crippen LogP contribution is -2.56. The Morgan fingerprint density at radius 2 is 1.83 bits per heavy atom. The van der Waals surface area contributed by atoms with Crippen molar-refractivity contribution in [2.24, 2.45) is 0 Å². The molecule has 3 rings (SSSR count). The third-order valence-corrected chi connectivity index (χ3v) is 7.29. The smallest absolute Gasteiger partial charge is 0.246 e. The average Bonchev–Trinajstić information content (AvgIpc) is 3.17. The van der Waals surface area contributed by atoms with E-state index in [1.165, 1.54) is 12.1 Å². The molecule has 0 aromatic heterocycles. The first kappa shape index (κ1) is 22.5. The molecule has 1 aliphatic heterocycles. The number of halogens is 1. The molecule has 0 bridgehead atoms. The molecule has 2 aromatic carbocycles. The number of amides is 1. The van der Waals surface area contributed by atoms with Crippen LogP contribution in [0.15, 0.2) is 76.6 Å². The highest BCUT2D eigenvalue weighted by atomic mass is 79.9. The topological polar surface area (TPSA) is 78.5 Å². The highest BCUT2D eigenvalue weighted by Gasteiger charge is 2.46. The number of carbonyl (C=O) groups excluding carboxylic acids is 1. The quantitative estimate of drug-likeness (QED) is 0.415. The Kier molecular flexibility index (Phi) is 7.33. The van der Waals surface area contributed by atoms with Gasteiger partial charge in [-0.3, -0.25) is 4.79 Å². The number of benzene rings is 2. The van der Waals surface area contributed by atoms with Crippen LogP contribution >= 0.6 is 15.9 Å². The fourth-order valence-corrected chi connectivity index (χ4v) is 5.16. The second-order valence-electron chi connectivity index (χ2n) is 7.22. The van der Waals surface area contributed by atoms with Crippen molar-refractivity contribution in [3.8, 4) is 0 Å². The molecule has 1 amide bonds. The summed E-state index contributed by atoms with van der Waals surface area (Å²) >= 11 is 3.29. The fourth-order valence-electron chi connectivity index (χ4n) is 3.87. The van der Waals surface area contributed by atoms with Crippen LogP contribution in [0.3, 0.4) is 0 Å². The maximum absolute atomic E-state index is 13.2. The Hall–Kier alpha value is -2.16. The highest BCUT2D eigenvalue weighted by Crippen LogP contribution is 2.37. The summed E-state index contributed by atoms with van der Waals surface area (Å²) in [5.74, 6) is -0.105. The van der Waals surface area contributed by atoms with Gasteiger partial charge in [0.15, 0.2) is 0 Å². The number of nitrogens with one attached hydrogen (secondary N) is 2. The van der Waals surface area contributed by atoms with E-state index in [1.807, 2.05) is 30.3 Å². The van der Waals surface area contributed by atoms with Gasteiger partial charge in [0, 0.05) is 29.8 Å². The first-order chi connectivity index (χ1) is 14.4. The summed E-state index contributed by atoms with van der Waals surface area (Å²) < 4.78 is 28.1. The molecule has 1 atom stereocenters. The highest BCUT2D eigenvalue weighted by molar-refractivity contribution is 9.10. The van der Waals surface area contributed by atoms with Crippen LogP contribution in [0, 0.1) is 0 Å². The number of para-hydroxylation sites is 1. The lowest BCUT2D eigenvalue weighted by molar-refractivity contribution is -0.126. The third-order valence-electron chi connectivity index (χ3n) is 5.29. The Bertz CT molecular complexity index is 980. The minimum atomic E-state index is -3.62. The van der Waals surface area contributed by atoms with E-state index in [4.69, 9.17) is 0 Å². The standard InChI is InChI=1S/C22H26BrN3O3S/c1-2-13-22(14-6-17-26(22)19-7-4-3-5-8-19)21(27)24-15-16-25-30(28,29)20-11-9-18(23)10-12-20/h2-5,7-12,25H,1,6,13-17H2,(H,24,27)/t22-/m1/s1. The molecule has 1 heterocycles. The number of sulfonamides is 1. The van der Waals surface area contributed by atoms with Crippen molar-refractivity contribution in [2.75, 3.05) is 24.5 Å². The molecular weight excluding hydrogens is 466 g/mol. The van der Waals surface area contributed by atoms with Crippen LogP contribution in [-0.2, 0) is 14.8 Å². The third kappa shape index (κ3) is 4.94. The number of hydrogen-bond acceptors (Lipinski definition) is 4. The monoisotopic (exact) mass is 491 g/mol. The van der Waals surface area contributed by atoms with Gasteiger partial charge in [-0.25, -0.2) is 13.1 Å². The predicted molar refractivity (Wildman–Crippen MR) is 123 cm³/mol. The maximum atomic E-state index is 13.2. The Morgan fingerprint density at radius 3 is 2.50 bits per heavy atom. The Labute approximate surface area is 186 Å². The largest absolute Gasteiger partial charge is 0.357 e. The molecule has 0 unspecified atom stereocenters. The van der Waals surface area contributed by atoms with E-state index in [1.54, 1.807) is 18.2 Å². The van der Waals surface area contributed by atoms with E-state index in [-0.39, 0.29) is 23.9 Å². The molecule has 30 heavy (non-hydrogen) atoms. The summed E-state index contributed by atoms with van der Waals surface area (Å²) in [6, 6.07) is 16.3. The molecule has 1 aliphatic rings. The minimum Gasteiger partial charge on any atom is -0.357 e. The van der Waals surface area contributed by atoms with Gasteiger partial charge in [0.2, 0.25) is 15.9 Å². The summed E-state index contributed by atoms with van der Waals surface area (Å²) in [6.45, 7) is 4.95. The van der Waals surface area contributed by atoms with E-state index < -0.39 is 15.6 Å². The molecule has 2 N–H and O–H groups in total. The lowest BCUT2D eigenvalue weighted by Gasteiger charge is -2.38. The zero-order valence-electron chi connectivity index (χ0n) is 16.7. The fraction of sp³-hybridized carbons (Fsp3) is 0.318. The summed E-state index contributed by atoms with van der Waals surface area (Å²) in [5, 5.41) is 2.92. The van der Waals surface area contributed by atoms with Crippen molar-refractivity contribution in [3.63, 3.8) is 0 Å². The average molecular weight is 492 g/mol. The van der Waals surface area contributed by atoms with Crippen LogP contribution in [0.4, 0.5) is 5.69 Å². The van der Waals surface area contributed by atoms with Gasteiger partial charge in [0.05, 0.1) is 4.90 Å². The number of carbonyl (C=O) groups is 1. The van der Waals surface area contributed by atoms with Crippen molar-refractivity contribution < 1.29 is 13.2 Å². The summed E-state index contributed by atoms with van der Waals surface area (Å²) in [7, 11) is -3.62. The first-order valence-corrected chi connectivity index (χ1v) is 12.1. The Morgan fingerprint density at radius 1 is 1.13 bits per heavy atom. The number of hydrogen-bond donors (Lipinski definition) is 2. The molecule has 6 nitrogen and oxygen atoms in total. The molecule has 0 radical (unpaired) electrons. The van der Waals surface area contributed by atoms with E-state index >= 15 is 0 Å². The molecule has 8 heteroatoms. The van der Waals surface area contributed by atoms with Gasteiger partial charge in [-0.2, -0.15) is 0 Å². The van der Waals surface area contributed by atoms with Gasteiger partial charge in [-0.05, 0) is 55.7 Å². The summed E-state index contributed by atoms with van der Waals surface area (Å²) in [6.07, 6.45) is 3.94. The normalized spacial score (nSPS) is 18.9. The van der Waals surface area contributed by atoms with Gasteiger partial charge >= 0.3 is 0 Å². The lowest BCUT2D eigenvalue weighted by atomic mass is 9.90. The van der Waals surface area contributed by atoms with Crippen molar-refractivity contribution in [2.45, 2.75) is 29.7 Å². The van der Waals surface area contributed by atoms with E-state index in [0.29, 0.717) is 6.42 Å². The maximum Gasteiger partial charge on any atom is 0.246 e. The second kappa shape index (κ2) is 9.76. The predicted octanol–water partition coefficient (Wildman–Crippen LogP) is 3.46. The van der Waals surface area contributed by atoms with Crippen LogP contribution in [0.5, 0.6) is 0 Å². The molecule has 160 valence electrons. The minimum absolute atomic E-state index is 0.105. The van der Waals surface area contributed by atoms with Gasteiger partial charge in [-0.1, -0.05) is 40.2 Å². The summed E-state index contributed by atoms with van der Waals surface area (Å²) in [4.78, 5) is 15.5. The molecule has 1 fully saturated rings. The SMILES string of the molecule is C=CC[C@]1(C(=O)NCCNS(=O)(=O)c2ccc(Br)cc2)CCCN1c1ccccc1. The van der Waals surface area contributed by atoms with Gasteiger partial charge in [0.1, 0.15) is 5.54 Å². The van der Waals surface area contributed by atoms with Crippen LogP contribution < -0.4 is 14.9 Å². The van der Waals surface area contributed by atoms with E-state index in [0.717, 1.165) is 29.5 Å². The molecular formula is C22H26BrN3O3S. The van der Waals surface area contributed by atoms with Crippen molar-refractivity contribution in [3.05, 3.63) is 71.7 Å². The Balaban J connectivity index is 1.63. The van der Waals surface area contributed by atoms with Gasteiger partial charge in [0.25, 0.3) is 0 Å². The van der Waals surface area contributed by atoms with Crippen molar-refractivity contribution >= 4 is 37.5 Å². The molecule has 1 saturated heterocycles.